The second-order valence-electron chi connectivity index (χ2n) is 8.65. The largest absolute Gasteiger partial charge is 0.383 e. The van der Waals surface area contributed by atoms with Crippen LogP contribution in [0.3, 0.4) is 0 Å². The van der Waals surface area contributed by atoms with E-state index in [0.717, 1.165) is 17.5 Å². The minimum Gasteiger partial charge on any atom is -0.383 e. The minimum absolute atomic E-state index is 0.0377. The number of likely N-dealkylation sites (tertiary alicyclic amines) is 1. The van der Waals surface area contributed by atoms with Gasteiger partial charge in [0.2, 0.25) is 5.91 Å². The number of carbonyl (C=O) groups excluding carboxylic acids is 1. The van der Waals surface area contributed by atoms with E-state index in [9.17, 15) is 4.79 Å². The van der Waals surface area contributed by atoms with Crippen molar-refractivity contribution in [3.63, 3.8) is 0 Å². The van der Waals surface area contributed by atoms with Gasteiger partial charge in [-0.2, -0.15) is 0 Å². The number of rotatable bonds is 8. The number of hydrogen-bond acceptors (Lipinski definition) is 2. The lowest BCUT2D eigenvalue weighted by atomic mass is 9.67. The summed E-state index contributed by atoms with van der Waals surface area (Å²) in [6.07, 6.45) is 3.99. The van der Waals surface area contributed by atoms with Crippen LogP contribution in [0.4, 0.5) is 0 Å². The molecule has 2 aromatic rings. The summed E-state index contributed by atoms with van der Waals surface area (Å²) in [5, 5.41) is 1.38. The third-order valence-corrected chi connectivity index (χ3v) is 6.90. The van der Waals surface area contributed by atoms with Crippen LogP contribution >= 0.6 is 23.2 Å². The summed E-state index contributed by atoms with van der Waals surface area (Å²) in [6, 6.07) is 15.7. The summed E-state index contributed by atoms with van der Waals surface area (Å²) in [5.41, 5.74) is 1.66. The molecule has 1 fully saturated rings. The van der Waals surface area contributed by atoms with E-state index in [4.69, 9.17) is 27.9 Å². The van der Waals surface area contributed by atoms with Gasteiger partial charge in [0.25, 0.3) is 0 Å². The lowest BCUT2D eigenvalue weighted by molar-refractivity contribution is -0.156. The number of benzene rings is 2. The summed E-state index contributed by atoms with van der Waals surface area (Å²) in [5.74, 6) is 0.225. The summed E-state index contributed by atoms with van der Waals surface area (Å²) < 4.78 is 5.53. The normalized spacial score (nSPS) is 24.8. The molecule has 3 rings (SSSR count). The maximum atomic E-state index is 14.0. The van der Waals surface area contributed by atoms with Crippen LogP contribution in [-0.2, 0) is 9.53 Å². The molecule has 0 radical (unpaired) electrons. The van der Waals surface area contributed by atoms with Crippen molar-refractivity contribution >= 4 is 29.1 Å². The van der Waals surface area contributed by atoms with Crippen molar-refractivity contribution in [1.29, 1.82) is 0 Å². The molecule has 1 amide bonds. The Morgan fingerprint density at radius 1 is 1.19 bits per heavy atom. The van der Waals surface area contributed by atoms with Crippen molar-refractivity contribution in [3.05, 3.63) is 82.4 Å². The number of halogens is 2. The highest BCUT2D eigenvalue weighted by molar-refractivity contribution is 6.30. The Balaban J connectivity index is 2.21. The van der Waals surface area contributed by atoms with Gasteiger partial charge < -0.3 is 9.64 Å². The molecule has 1 saturated heterocycles. The molecular weight excluding hydrogens is 429 g/mol. The van der Waals surface area contributed by atoms with E-state index >= 15 is 0 Å². The first-order valence-electron chi connectivity index (χ1n) is 10.8. The lowest BCUT2D eigenvalue weighted by Gasteiger charge is -2.52. The van der Waals surface area contributed by atoms with Gasteiger partial charge in [-0.1, -0.05) is 67.4 Å². The van der Waals surface area contributed by atoms with E-state index in [0.29, 0.717) is 29.5 Å². The van der Waals surface area contributed by atoms with Crippen LogP contribution in [0.2, 0.25) is 10.0 Å². The number of methoxy groups -OCH3 is 1. The van der Waals surface area contributed by atoms with Crippen LogP contribution in [0.5, 0.6) is 0 Å². The van der Waals surface area contributed by atoms with Crippen molar-refractivity contribution < 1.29 is 9.53 Å². The van der Waals surface area contributed by atoms with Crippen molar-refractivity contribution in [2.75, 3.05) is 13.7 Å². The lowest BCUT2D eigenvalue weighted by Crippen LogP contribution is -2.56. The topological polar surface area (TPSA) is 29.5 Å². The second-order valence-corrected chi connectivity index (χ2v) is 9.52. The van der Waals surface area contributed by atoms with Crippen LogP contribution in [0.1, 0.15) is 56.2 Å². The molecule has 166 valence electrons. The van der Waals surface area contributed by atoms with E-state index in [-0.39, 0.29) is 23.9 Å². The van der Waals surface area contributed by atoms with Gasteiger partial charge in [0.15, 0.2) is 0 Å². The number of piperidine rings is 1. The Bertz CT molecular complexity index is 914. The van der Waals surface area contributed by atoms with Crippen molar-refractivity contribution in [2.45, 2.75) is 51.1 Å². The molecule has 1 aliphatic heterocycles. The fourth-order valence-electron chi connectivity index (χ4n) is 4.88. The van der Waals surface area contributed by atoms with Crippen molar-refractivity contribution in [2.24, 2.45) is 5.41 Å². The standard InChI is InChI=1S/C26H31Cl2NO2/c1-5-14-26(3)16-23(19-8-7-9-21(28)15-19)24(18-10-12-20(27)13-11-18)29(25(26)30)22(6-2)17-31-4/h5,7-13,15,22-24H,1,6,14,16-17H2,2-4H3. The predicted molar refractivity (Wildman–Crippen MR) is 129 cm³/mol. The zero-order valence-electron chi connectivity index (χ0n) is 18.5. The molecular formula is C26H31Cl2NO2. The van der Waals surface area contributed by atoms with Gasteiger partial charge in [-0.05, 0) is 54.7 Å². The fraction of sp³-hybridized carbons (Fsp3) is 0.423. The molecule has 0 spiro atoms. The van der Waals surface area contributed by atoms with E-state index in [1.54, 1.807) is 7.11 Å². The predicted octanol–water partition coefficient (Wildman–Crippen LogP) is 7.06. The Labute approximate surface area is 196 Å². The van der Waals surface area contributed by atoms with Gasteiger partial charge in [-0.15, -0.1) is 6.58 Å². The average Bonchev–Trinajstić information content (AvgIpc) is 2.75. The number of amides is 1. The highest BCUT2D eigenvalue weighted by Crippen LogP contribution is 2.52. The van der Waals surface area contributed by atoms with Gasteiger partial charge in [0.05, 0.1) is 24.1 Å². The third-order valence-electron chi connectivity index (χ3n) is 6.41. The van der Waals surface area contributed by atoms with Crippen molar-refractivity contribution in [3.8, 4) is 0 Å². The number of carbonyl (C=O) groups is 1. The molecule has 0 N–H and O–H groups in total. The van der Waals surface area contributed by atoms with E-state index in [1.807, 2.05) is 48.5 Å². The van der Waals surface area contributed by atoms with Gasteiger partial charge in [0.1, 0.15) is 0 Å². The molecule has 5 heteroatoms. The monoisotopic (exact) mass is 459 g/mol. The molecule has 1 heterocycles. The molecule has 3 nitrogen and oxygen atoms in total. The number of ether oxygens (including phenoxy) is 1. The Kier molecular flexibility index (Phi) is 7.85. The van der Waals surface area contributed by atoms with Crippen molar-refractivity contribution in [1.82, 2.24) is 4.90 Å². The Morgan fingerprint density at radius 3 is 2.48 bits per heavy atom. The van der Waals surface area contributed by atoms with E-state index < -0.39 is 5.41 Å². The molecule has 4 unspecified atom stereocenters. The zero-order chi connectivity index (χ0) is 22.6. The molecule has 0 saturated carbocycles. The van der Waals surface area contributed by atoms with Crippen LogP contribution in [0.25, 0.3) is 0 Å². The average molecular weight is 460 g/mol. The minimum atomic E-state index is -0.543. The Morgan fingerprint density at radius 2 is 1.90 bits per heavy atom. The molecule has 0 aliphatic carbocycles. The SMILES string of the molecule is C=CCC1(C)CC(c2cccc(Cl)c2)C(c2ccc(Cl)cc2)N(C(CC)COC)C1=O. The maximum Gasteiger partial charge on any atom is 0.229 e. The number of hydrogen-bond donors (Lipinski definition) is 0. The maximum absolute atomic E-state index is 14.0. The molecule has 4 atom stereocenters. The van der Waals surface area contributed by atoms with Gasteiger partial charge >= 0.3 is 0 Å². The smallest absolute Gasteiger partial charge is 0.229 e. The molecule has 31 heavy (non-hydrogen) atoms. The summed E-state index contributed by atoms with van der Waals surface area (Å²) in [6.45, 7) is 8.57. The first-order chi connectivity index (χ1) is 14.8. The van der Waals surface area contributed by atoms with Crippen LogP contribution < -0.4 is 0 Å². The van der Waals surface area contributed by atoms with Gasteiger partial charge in [0, 0.05) is 23.1 Å². The molecule has 0 aromatic heterocycles. The fourth-order valence-corrected chi connectivity index (χ4v) is 5.20. The van der Waals surface area contributed by atoms with E-state index in [2.05, 4.69) is 31.4 Å². The van der Waals surface area contributed by atoms with Crippen LogP contribution in [-0.4, -0.2) is 30.6 Å². The first kappa shape index (κ1) is 23.8. The Hall–Kier alpha value is -1.81. The third kappa shape index (κ3) is 5.00. The summed E-state index contributed by atoms with van der Waals surface area (Å²) in [7, 11) is 1.69. The zero-order valence-corrected chi connectivity index (χ0v) is 20.0. The van der Waals surface area contributed by atoms with Gasteiger partial charge in [-0.3, -0.25) is 4.79 Å². The molecule has 2 aromatic carbocycles. The van der Waals surface area contributed by atoms with E-state index in [1.165, 1.54) is 0 Å². The second kappa shape index (κ2) is 10.2. The quantitative estimate of drug-likeness (QED) is 0.395. The number of nitrogens with zero attached hydrogens (tertiary/aromatic N) is 1. The van der Waals surface area contributed by atoms with Crippen LogP contribution in [0, 0.1) is 5.41 Å². The summed E-state index contributed by atoms with van der Waals surface area (Å²) in [4.78, 5) is 16.0. The van der Waals surface area contributed by atoms with Gasteiger partial charge in [-0.25, -0.2) is 0 Å². The molecule has 0 bridgehead atoms. The summed E-state index contributed by atoms with van der Waals surface area (Å²) >= 11 is 12.6. The highest BCUT2D eigenvalue weighted by atomic mass is 35.5. The number of allylic oxidation sites excluding steroid dienone is 1. The molecule has 1 aliphatic rings. The highest BCUT2D eigenvalue weighted by Gasteiger charge is 2.50. The first-order valence-corrected chi connectivity index (χ1v) is 11.5. The van der Waals surface area contributed by atoms with Crippen LogP contribution in [0.15, 0.2) is 61.2 Å².